The molecule has 0 fully saturated rings. The number of fused-ring (bicyclic) bond motifs is 1. The first-order valence-corrected chi connectivity index (χ1v) is 10.2. The van der Waals surface area contributed by atoms with Gasteiger partial charge in [-0.2, -0.15) is 0 Å². The van der Waals surface area contributed by atoms with Crippen LogP contribution in [-0.4, -0.2) is 29.2 Å². The number of rotatable bonds is 8. The van der Waals surface area contributed by atoms with Crippen molar-refractivity contribution in [3.8, 4) is 11.5 Å². The summed E-state index contributed by atoms with van der Waals surface area (Å²) < 4.78 is 13.0. The van der Waals surface area contributed by atoms with Gasteiger partial charge >= 0.3 is 0 Å². The largest absolute Gasteiger partial charge is 0.493 e. The first-order valence-electron chi connectivity index (χ1n) is 10.2. The number of ether oxygens (including phenoxy) is 2. The Balaban J connectivity index is 1.46. The molecule has 3 aromatic carbocycles. The van der Waals surface area contributed by atoms with Gasteiger partial charge in [-0.3, -0.25) is 4.79 Å². The minimum absolute atomic E-state index is 0.0986. The van der Waals surface area contributed by atoms with Crippen LogP contribution in [0.2, 0.25) is 0 Å². The van der Waals surface area contributed by atoms with Gasteiger partial charge in [-0.15, -0.1) is 0 Å². The Hall–Kier alpha value is -3.80. The number of benzene rings is 3. The molecular formula is C25H25N3O3. The van der Waals surface area contributed by atoms with Crippen LogP contribution in [0.5, 0.6) is 11.5 Å². The lowest BCUT2D eigenvalue weighted by Gasteiger charge is -2.12. The number of nitrogens with zero attached hydrogens (tertiary/aromatic N) is 2. The van der Waals surface area contributed by atoms with Gasteiger partial charge in [0, 0.05) is 6.54 Å². The van der Waals surface area contributed by atoms with E-state index in [-0.39, 0.29) is 12.5 Å². The summed E-state index contributed by atoms with van der Waals surface area (Å²) in [6, 6.07) is 23.7. The molecule has 1 amide bonds. The van der Waals surface area contributed by atoms with Gasteiger partial charge in [-0.1, -0.05) is 54.1 Å². The maximum Gasteiger partial charge on any atom is 0.258 e. The van der Waals surface area contributed by atoms with Crippen LogP contribution >= 0.6 is 0 Å². The molecule has 6 nitrogen and oxygen atoms in total. The quantitative estimate of drug-likeness (QED) is 0.471. The van der Waals surface area contributed by atoms with Crippen molar-refractivity contribution < 1.29 is 14.3 Å². The Morgan fingerprint density at radius 1 is 0.968 bits per heavy atom. The van der Waals surface area contributed by atoms with Crippen molar-refractivity contribution in [3.63, 3.8) is 0 Å². The van der Waals surface area contributed by atoms with Crippen molar-refractivity contribution in [2.45, 2.75) is 20.0 Å². The van der Waals surface area contributed by atoms with Crippen LogP contribution in [-0.2, 0) is 17.9 Å². The second-order valence-corrected chi connectivity index (χ2v) is 7.30. The van der Waals surface area contributed by atoms with E-state index in [9.17, 15) is 4.79 Å². The van der Waals surface area contributed by atoms with Gasteiger partial charge in [0.2, 0.25) is 0 Å². The third kappa shape index (κ3) is 4.86. The number of para-hydroxylation sites is 4. The number of hydrogen-bond donors (Lipinski definition) is 1. The Morgan fingerprint density at radius 2 is 1.68 bits per heavy atom. The summed E-state index contributed by atoms with van der Waals surface area (Å²) in [6.45, 7) is 2.97. The van der Waals surface area contributed by atoms with Crippen LogP contribution in [0.15, 0.2) is 72.8 Å². The number of carbonyl (C=O) groups is 1. The highest BCUT2D eigenvalue weighted by atomic mass is 16.5. The average Bonchev–Trinajstić information content (AvgIpc) is 3.15. The van der Waals surface area contributed by atoms with Crippen LogP contribution in [0.25, 0.3) is 11.0 Å². The zero-order valence-corrected chi connectivity index (χ0v) is 17.7. The third-order valence-electron chi connectivity index (χ3n) is 5.07. The molecule has 31 heavy (non-hydrogen) atoms. The lowest BCUT2D eigenvalue weighted by molar-refractivity contribution is -0.123. The van der Waals surface area contributed by atoms with Crippen molar-refractivity contribution in [1.82, 2.24) is 14.9 Å². The maximum atomic E-state index is 12.4. The first kappa shape index (κ1) is 20.5. The number of hydrogen-bond acceptors (Lipinski definition) is 4. The second-order valence-electron chi connectivity index (χ2n) is 7.30. The van der Waals surface area contributed by atoms with Crippen molar-refractivity contribution >= 4 is 16.9 Å². The zero-order chi connectivity index (χ0) is 21.6. The van der Waals surface area contributed by atoms with E-state index in [2.05, 4.69) is 41.1 Å². The molecule has 4 rings (SSSR count). The van der Waals surface area contributed by atoms with Crippen LogP contribution < -0.4 is 14.8 Å². The molecule has 0 saturated carbocycles. The minimum Gasteiger partial charge on any atom is -0.493 e. The van der Waals surface area contributed by atoms with E-state index < -0.39 is 0 Å². The second kappa shape index (κ2) is 9.34. The summed E-state index contributed by atoms with van der Waals surface area (Å²) >= 11 is 0. The van der Waals surface area contributed by atoms with E-state index in [1.54, 1.807) is 19.2 Å². The smallest absolute Gasteiger partial charge is 0.258 e. The van der Waals surface area contributed by atoms with Crippen molar-refractivity contribution in [2.24, 2.45) is 0 Å². The number of carbonyl (C=O) groups excluding carboxylic acids is 1. The molecule has 1 N–H and O–H groups in total. The van der Waals surface area contributed by atoms with E-state index in [0.717, 1.165) is 16.9 Å². The molecule has 1 heterocycles. The maximum absolute atomic E-state index is 12.4. The standard InChI is InChI=1S/C25H25N3O3/c1-18-11-13-19(14-12-18)16-28-21-8-4-3-7-20(21)27-24(28)15-26-25(29)17-31-23-10-6-5-9-22(23)30-2/h3-14H,15-17H2,1-2H3,(H,26,29). The summed E-state index contributed by atoms with van der Waals surface area (Å²) in [5, 5.41) is 2.91. The van der Waals surface area contributed by atoms with Gasteiger partial charge in [0.25, 0.3) is 5.91 Å². The van der Waals surface area contributed by atoms with Crippen LogP contribution in [0.4, 0.5) is 0 Å². The highest BCUT2D eigenvalue weighted by Crippen LogP contribution is 2.25. The number of nitrogens with one attached hydrogen (secondary N) is 1. The fourth-order valence-electron chi connectivity index (χ4n) is 3.42. The first-order chi connectivity index (χ1) is 15.1. The molecule has 158 valence electrons. The Bertz CT molecular complexity index is 1180. The Labute approximate surface area is 181 Å². The zero-order valence-electron chi connectivity index (χ0n) is 17.7. The molecular weight excluding hydrogens is 390 g/mol. The monoisotopic (exact) mass is 415 g/mol. The molecule has 0 spiro atoms. The fraction of sp³-hybridized carbons (Fsp3) is 0.200. The molecule has 0 aliphatic rings. The normalized spacial score (nSPS) is 10.8. The van der Waals surface area contributed by atoms with Crippen molar-refractivity contribution in [3.05, 3.63) is 89.7 Å². The molecule has 0 aliphatic carbocycles. The van der Waals surface area contributed by atoms with Gasteiger partial charge in [-0.25, -0.2) is 4.98 Å². The number of amides is 1. The van der Waals surface area contributed by atoms with E-state index in [0.29, 0.717) is 24.6 Å². The predicted octanol–water partition coefficient (Wildman–Crippen LogP) is 4.10. The number of imidazole rings is 1. The minimum atomic E-state index is -0.222. The SMILES string of the molecule is COc1ccccc1OCC(=O)NCc1nc2ccccc2n1Cc1ccc(C)cc1. The molecule has 0 unspecified atom stereocenters. The lowest BCUT2D eigenvalue weighted by Crippen LogP contribution is -2.29. The van der Waals surface area contributed by atoms with Gasteiger partial charge in [-0.05, 0) is 36.8 Å². The van der Waals surface area contributed by atoms with Crippen LogP contribution in [0, 0.1) is 6.92 Å². The summed E-state index contributed by atoms with van der Waals surface area (Å²) in [4.78, 5) is 17.1. The number of aromatic nitrogens is 2. The molecule has 0 saturated heterocycles. The predicted molar refractivity (Wildman–Crippen MR) is 120 cm³/mol. The van der Waals surface area contributed by atoms with Gasteiger partial charge in [0.1, 0.15) is 5.82 Å². The van der Waals surface area contributed by atoms with E-state index in [1.165, 1.54) is 11.1 Å². The summed E-state index contributed by atoms with van der Waals surface area (Å²) in [7, 11) is 1.57. The lowest BCUT2D eigenvalue weighted by atomic mass is 10.1. The molecule has 0 radical (unpaired) electrons. The van der Waals surface area contributed by atoms with E-state index in [4.69, 9.17) is 14.5 Å². The van der Waals surface area contributed by atoms with E-state index in [1.807, 2.05) is 36.4 Å². The van der Waals surface area contributed by atoms with Crippen LogP contribution in [0.1, 0.15) is 17.0 Å². The fourth-order valence-corrected chi connectivity index (χ4v) is 3.42. The highest BCUT2D eigenvalue weighted by Gasteiger charge is 2.13. The van der Waals surface area contributed by atoms with Crippen molar-refractivity contribution in [2.75, 3.05) is 13.7 Å². The summed E-state index contributed by atoms with van der Waals surface area (Å²) in [5.74, 6) is 1.70. The molecule has 6 heteroatoms. The number of aryl methyl sites for hydroxylation is 1. The Kier molecular flexibility index (Phi) is 6.17. The number of methoxy groups -OCH3 is 1. The topological polar surface area (TPSA) is 65.4 Å². The third-order valence-corrected chi connectivity index (χ3v) is 5.07. The molecule has 4 aromatic rings. The van der Waals surface area contributed by atoms with E-state index >= 15 is 0 Å². The van der Waals surface area contributed by atoms with Gasteiger partial charge in [0.15, 0.2) is 18.1 Å². The van der Waals surface area contributed by atoms with Gasteiger partial charge < -0.3 is 19.4 Å². The summed E-state index contributed by atoms with van der Waals surface area (Å²) in [5.41, 5.74) is 4.35. The van der Waals surface area contributed by atoms with Gasteiger partial charge in [0.05, 0.1) is 24.7 Å². The molecule has 0 bridgehead atoms. The van der Waals surface area contributed by atoms with Crippen LogP contribution in [0.3, 0.4) is 0 Å². The molecule has 0 atom stereocenters. The summed E-state index contributed by atoms with van der Waals surface area (Å²) in [6.07, 6.45) is 0. The average molecular weight is 415 g/mol. The molecule has 1 aromatic heterocycles. The van der Waals surface area contributed by atoms with Crippen molar-refractivity contribution in [1.29, 1.82) is 0 Å². The highest BCUT2D eigenvalue weighted by molar-refractivity contribution is 5.78. The Morgan fingerprint density at radius 3 is 2.45 bits per heavy atom. The molecule has 0 aliphatic heterocycles.